The van der Waals surface area contributed by atoms with Gasteiger partial charge in [0.2, 0.25) is 0 Å². The molecule has 0 saturated carbocycles. The number of thiophene rings is 1. The maximum Gasteiger partial charge on any atom is 0.191 e. The van der Waals surface area contributed by atoms with E-state index in [9.17, 15) is 0 Å². The van der Waals surface area contributed by atoms with E-state index in [4.69, 9.17) is 0 Å². The maximum atomic E-state index is 4.56. The molecule has 0 amide bonds. The van der Waals surface area contributed by atoms with E-state index in [1.54, 1.807) is 22.7 Å². The van der Waals surface area contributed by atoms with Gasteiger partial charge in [-0.3, -0.25) is 4.99 Å². The van der Waals surface area contributed by atoms with E-state index >= 15 is 0 Å². The number of nitrogens with one attached hydrogen (secondary N) is 2. The number of thiazole rings is 2. The topological polar surface area (TPSA) is 62.2 Å². The number of nitrogens with zero attached hydrogens (tertiary/aromatic N) is 3. The van der Waals surface area contributed by atoms with Gasteiger partial charge < -0.3 is 10.6 Å². The normalized spacial score (nSPS) is 11.7. The van der Waals surface area contributed by atoms with Gasteiger partial charge >= 0.3 is 0 Å². The molecule has 0 aliphatic carbocycles. The zero-order valence-corrected chi connectivity index (χ0v) is 18.4. The van der Waals surface area contributed by atoms with Crippen LogP contribution in [0.3, 0.4) is 0 Å². The molecule has 3 aromatic rings. The second-order valence-electron chi connectivity index (χ2n) is 6.02. The van der Waals surface area contributed by atoms with Gasteiger partial charge in [0, 0.05) is 47.9 Å². The number of aromatic nitrogens is 2. The van der Waals surface area contributed by atoms with E-state index in [1.165, 1.54) is 19.6 Å². The Labute approximate surface area is 172 Å². The SMILES string of the molecule is CCc1cnc(CCNC(=NC)NCCc2ccc(-c3csc(C)n3)s2)s1. The van der Waals surface area contributed by atoms with Gasteiger partial charge in [-0.25, -0.2) is 9.97 Å². The van der Waals surface area contributed by atoms with Crippen LogP contribution in [0.15, 0.2) is 28.7 Å². The van der Waals surface area contributed by atoms with Gasteiger partial charge in [0.05, 0.1) is 20.6 Å². The number of hydrogen-bond acceptors (Lipinski definition) is 6. The minimum atomic E-state index is 0.836. The molecule has 8 heteroatoms. The number of aryl methyl sites for hydroxylation is 2. The molecular formula is C19H25N5S3. The predicted molar refractivity (Wildman–Crippen MR) is 118 cm³/mol. The molecule has 0 radical (unpaired) electrons. The van der Waals surface area contributed by atoms with Crippen LogP contribution in [0.2, 0.25) is 0 Å². The van der Waals surface area contributed by atoms with Crippen molar-refractivity contribution < 1.29 is 0 Å². The second-order valence-corrected chi connectivity index (χ2v) is 9.45. The van der Waals surface area contributed by atoms with Crippen molar-refractivity contribution in [3.63, 3.8) is 0 Å². The van der Waals surface area contributed by atoms with Crippen LogP contribution in [-0.4, -0.2) is 36.1 Å². The second kappa shape index (κ2) is 9.96. The Bertz CT molecular complexity index is 877. The highest BCUT2D eigenvalue weighted by Gasteiger charge is 2.07. The fraction of sp³-hybridized carbons (Fsp3) is 0.421. The van der Waals surface area contributed by atoms with Crippen molar-refractivity contribution in [2.45, 2.75) is 33.1 Å². The Morgan fingerprint density at radius 2 is 1.93 bits per heavy atom. The quantitative estimate of drug-likeness (QED) is 0.425. The molecule has 0 atom stereocenters. The van der Waals surface area contributed by atoms with E-state index < -0.39 is 0 Å². The first-order valence-electron chi connectivity index (χ1n) is 9.07. The molecule has 0 aliphatic heterocycles. The fourth-order valence-electron chi connectivity index (χ4n) is 2.57. The molecule has 144 valence electrons. The molecule has 0 spiro atoms. The van der Waals surface area contributed by atoms with Crippen LogP contribution in [0.4, 0.5) is 0 Å². The summed E-state index contributed by atoms with van der Waals surface area (Å²) in [5.41, 5.74) is 1.09. The summed E-state index contributed by atoms with van der Waals surface area (Å²) in [5.74, 6) is 0.842. The Balaban J connectivity index is 1.40. The van der Waals surface area contributed by atoms with Crippen LogP contribution in [0.1, 0.15) is 26.7 Å². The van der Waals surface area contributed by atoms with Crippen molar-refractivity contribution in [3.8, 4) is 10.6 Å². The predicted octanol–water partition coefficient (Wildman–Crippen LogP) is 4.15. The molecule has 5 nitrogen and oxygen atoms in total. The summed E-state index contributed by atoms with van der Waals surface area (Å²) in [4.78, 5) is 17.3. The Morgan fingerprint density at radius 3 is 2.59 bits per heavy atom. The van der Waals surface area contributed by atoms with Crippen LogP contribution in [0.5, 0.6) is 0 Å². The lowest BCUT2D eigenvalue weighted by Gasteiger charge is -2.10. The molecule has 0 aliphatic rings. The molecular weight excluding hydrogens is 394 g/mol. The number of rotatable bonds is 8. The van der Waals surface area contributed by atoms with Crippen molar-refractivity contribution in [1.82, 2.24) is 20.6 Å². The van der Waals surface area contributed by atoms with Crippen LogP contribution < -0.4 is 10.6 Å². The highest BCUT2D eigenvalue weighted by molar-refractivity contribution is 7.16. The van der Waals surface area contributed by atoms with Gasteiger partial charge in [-0.05, 0) is 31.9 Å². The van der Waals surface area contributed by atoms with Gasteiger partial charge in [0.15, 0.2) is 5.96 Å². The molecule has 27 heavy (non-hydrogen) atoms. The molecule has 0 unspecified atom stereocenters. The largest absolute Gasteiger partial charge is 0.356 e. The van der Waals surface area contributed by atoms with Gasteiger partial charge in [0.1, 0.15) is 0 Å². The Hall–Kier alpha value is -1.77. The third-order valence-electron chi connectivity index (χ3n) is 4.00. The van der Waals surface area contributed by atoms with Crippen molar-refractivity contribution >= 4 is 40.0 Å². The first-order chi connectivity index (χ1) is 13.2. The van der Waals surface area contributed by atoms with E-state index in [0.29, 0.717) is 0 Å². The van der Waals surface area contributed by atoms with Gasteiger partial charge in [-0.1, -0.05) is 6.92 Å². The molecule has 3 aromatic heterocycles. The van der Waals surface area contributed by atoms with E-state index in [0.717, 1.165) is 49.0 Å². The standard InChI is InChI=1S/C19H25N5S3/c1-4-14-11-23-18(27-14)8-10-22-19(20-3)21-9-7-15-5-6-17(26-15)16-12-25-13(2)24-16/h5-6,11-12H,4,7-10H2,1-3H3,(H2,20,21,22). The lowest BCUT2D eigenvalue weighted by atomic mass is 10.3. The highest BCUT2D eigenvalue weighted by atomic mass is 32.1. The molecule has 0 fully saturated rings. The summed E-state index contributed by atoms with van der Waals surface area (Å²) >= 11 is 5.31. The summed E-state index contributed by atoms with van der Waals surface area (Å²) < 4.78 is 0. The monoisotopic (exact) mass is 419 g/mol. The lowest BCUT2D eigenvalue weighted by molar-refractivity contribution is 0.785. The van der Waals surface area contributed by atoms with Crippen molar-refractivity contribution in [1.29, 1.82) is 0 Å². The third-order valence-corrected chi connectivity index (χ3v) is 7.14. The van der Waals surface area contributed by atoms with Crippen LogP contribution in [0.25, 0.3) is 10.6 Å². The number of hydrogen-bond donors (Lipinski definition) is 2. The summed E-state index contributed by atoms with van der Waals surface area (Å²) in [6.45, 7) is 5.90. The average molecular weight is 420 g/mol. The number of aliphatic imine (C=N–C) groups is 1. The highest BCUT2D eigenvalue weighted by Crippen LogP contribution is 2.29. The molecule has 0 bridgehead atoms. The van der Waals surface area contributed by atoms with E-state index in [-0.39, 0.29) is 0 Å². The fourth-order valence-corrected chi connectivity index (χ4v) is 5.08. The summed E-state index contributed by atoms with van der Waals surface area (Å²) in [6, 6.07) is 4.36. The molecule has 3 heterocycles. The van der Waals surface area contributed by atoms with Crippen LogP contribution in [-0.2, 0) is 19.3 Å². The zero-order chi connectivity index (χ0) is 19.1. The zero-order valence-electron chi connectivity index (χ0n) is 15.9. The maximum absolute atomic E-state index is 4.56. The van der Waals surface area contributed by atoms with E-state index in [2.05, 4.69) is 50.0 Å². The van der Waals surface area contributed by atoms with Crippen LogP contribution in [0, 0.1) is 6.92 Å². The lowest BCUT2D eigenvalue weighted by Crippen LogP contribution is -2.39. The van der Waals surface area contributed by atoms with Crippen LogP contribution >= 0.6 is 34.0 Å². The third kappa shape index (κ3) is 5.85. The minimum absolute atomic E-state index is 0.836. The number of guanidine groups is 1. The van der Waals surface area contributed by atoms with Crippen molar-refractivity contribution in [2.24, 2.45) is 4.99 Å². The first kappa shape index (κ1) is 20.0. The summed E-state index contributed by atoms with van der Waals surface area (Å²) in [7, 11) is 1.81. The van der Waals surface area contributed by atoms with Crippen molar-refractivity contribution in [2.75, 3.05) is 20.1 Å². The molecule has 3 rings (SSSR count). The molecule has 2 N–H and O–H groups in total. The minimum Gasteiger partial charge on any atom is -0.356 e. The first-order valence-corrected chi connectivity index (χ1v) is 11.6. The Morgan fingerprint density at radius 1 is 1.11 bits per heavy atom. The van der Waals surface area contributed by atoms with Gasteiger partial charge in [-0.15, -0.1) is 34.0 Å². The molecule has 0 aromatic carbocycles. The smallest absolute Gasteiger partial charge is 0.191 e. The van der Waals surface area contributed by atoms with Gasteiger partial charge in [-0.2, -0.15) is 0 Å². The average Bonchev–Trinajstić information content (AvgIpc) is 3.41. The van der Waals surface area contributed by atoms with Crippen molar-refractivity contribution in [3.05, 3.63) is 43.5 Å². The van der Waals surface area contributed by atoms with Gasteiger partial charge in [0.25, 0.3) is 0 Å². The van der Waals surface area contributed by atoms with E-state index in [1.807, 2.05) is 31.5 Å². The Kier molecular flexibility index (Phi) is 7.37. The summed E-state index contributed by atoms with van der Waals surface area (Å²) in [6.07, 6.45) is 4.93. The summed E-state index contributed by atoms with van der Waals surface area (Å²) in [5, 5.41) is 11.2. The molecule has 0 saturated heterocycles.